The monoisotopic (exact) mass is 380 g/mol. The highest BCUT2D eigenvalue weighted by atomic mass is 32.1. The average Bonchev–Trinajstić information content (AvgIpc) is 2.99. The molecule has 0 spiro atoms. The minimum atomic E-state index is -4.71. The molecule has 1 amide bonds. The summed E-state index contributed by atoms with van der Waals surface area (Å²) in [6.07, 6.45) is -4.71. The van der Waals surface area contributed by atoms with Crippen molar-refractivity contribution in [3.63, 3.8) is 0 Å². The lowest BCUT2D eigenvalue weighted by Crippen LogP contribution is -2.17. The highest BCUT2D eigenvalue weighted by molar-refractivity contribution is 7.13. The van der Waals surface area contributed by atoms with E-state index in [1.807, 2.05) is 0 Å². The van der Waals surface area contributed by atoms with Crippen molar-refractivity contribution >= 4 is 22.9 Å². The van der Waals surface area contributed by atoms with Crippen LogP contribution in [0.1, 0.15) is 20.4 Å². The topological polar surface area (TPSA) is 42.0 Å². The van der Waals surface area contributed by atoms with Gasteiger partial charge in [0, 0.05) is 11.3 Å². The number of hydrogen-bond acceptors (Lipinski definition) is 3. The number of carbonyl (C=O) groups is 1. The number of benzene rings is 2. The lowest BCUT2D eigenvalue weighted by Gasteiger charge is -2.12. The van der Waals surface area contributed by atoms with Crippen LogP contribution in [0, 0.1) is 12.7 Å². The summed E-state index contributed by atoms with van der Waals surface area (Å²) >= 11 is 0.679. The Morgan fingerprint density at radius 2 is 1.73 bits per heavy atom. The van der Waals surface area contributed by atoms with Gasteiger partial charge in [0.2, 0.25) is 0 Å². The number of amides is 1. The quantitative estimate of drug-likeness (QED) is 0.607. The number of carbonyl (C=O) groups excluding carboxylic acids is 1. The van der Waals surface area contributed by atoms with Crippen LogP contribution in [0.3, 0.4) is 0 Å². The van der Waals surface area contributed by atoms with Gasteiger partial charge in [-0.25, -0.2) is 9.37 Å². The summed E-state index contributed by atoms with van der Waals surface area (Å²) in [4.78, 5) is 15.4. The Labute approximate surface area is 150 Å². The van der Waals surface area contributed by atoms with Crippen LogP contribution in [0.5, 0.6) is 0 Å². The fourth-order valence-electron chi connectivity index (χ4n) is 2.43. The van der Waals surface area contributed by atoms with Gasteiger partial charge < -0.3 is 5.32 Å². The Balaban J connectivity index is 1.96. The first-order valence-electron chi connectivity index (χ1n) is 7.46. The van der Waals surface area contributed by atoms with Crippen LogP contribution in [0.15, 0.2) is 48.5 Å². The van der Waals surface area contributed by atoms with E-state index in [0.717, 1.165) is 0 Å². The predicted molar refractivity (Wildman–Crippen MR) is 91.6 cm³/mol. The zero-order valence-electron chi connectivity index (χ0n) is 13.4. The van der Waals surface area contributed by atoms with E-state index >= 15 is 0 Å². The Bertz CT molecular complexity index is 949. The number of thiazole rings is 1. The second-order valence-corrected chi connectivity index (χ2v) is 6.62. The molecule has 0 atom stereocenters. The first-order valence-corrected chi connectivity index (χ1v) is 8.28. The molecule has 0 unspecified atom stereocenters. The zero-order chi connectivity index (χ0) is 18.9. The number of aryl methyl sites for hydroxylation is 1. The molecule has 134 valence electrons. The number of hydrogen-bond donors (Lipinski definition) is 1. The van der Waals surface area contributed by atoms with E-state index < -0.39 is 28.5 Å². The largest absolute Gasteiger partial charge is 0.435 e. The van der Waals surface area contributed by atoms with E-state index in [0.29, 0.717) is 28.2 Å². The third-order valence-corrected chi connectivity index (χ3v) is 4.51. The van der Waals surface area contributed by atoms with Gasteiger partial charge in [-0.2, -0.15) is 13.2 Å². The molecule has 0 aliphatic carbocycles. The van der Waals surface area contributed by atoms with Crippen molar-refractivity contribution in [1.82, 2.24) is 4.98 Å². The molecule has 0 saturated heterocycles. The van der Waals surface area contributed by atoms with Gasteiger partial charge in [-0.3, -0.25) is 4.79 Å². The van der Waals surface area contributed by atoms with Crippen LogP contribution in [0.4, 0.5) is 23.2 Å². The molecule has 0 bridgehead atoms. The number of alkyl halides is 3. The molecule has 0 aliphatic heterocycles. The molecule has 3 nitrogen and oxygen atoms in total. The molecule has 0 saturated carbocycles. The van der Waals surface area contributed by atoms with E-state index in [-0.39, 0.29) is 5.01 Å². The Kier molecular flexibility index (Phi) is 4.78. The summed E-state index contributed by atoms with van der Waals surface area (Å²) < 4.78 is 52.3. The summed E-state index contributed by atoms with van der Waals surface area (Å²) in [5.41, 5.74) is 0.314. The fourth-order valence-corrected chi connectivity index (χ4v) is 3.26. The summed E-state index contributed by atoms with van der Waals surface area (Å²) in [7, 11) is 0. The molecule has 0 fully saturated rings. The molecule has 0 radical (unpaired) electrons. The fraction of sp³-hybridized carbons (Fsp3) is 0.111. The maximum Gasteiger partial charge on any atom is 0.435 e. The van der Waals surface area contributed by atoms with Crippen molar-refractivity contribution < 1.29 is 22.4 Å². The van der Waals surface area contributed by atoms with E-state index in [9.17, 15) is 22.4 Å². The van der Waals surface area contributed by atoms with Gasteiger partial charge in [0.15, 0.2) is 5.69 Å². The van der Waals surface area contributed by atoms with Crippen molar-refractivity contribution in [3.8, 4) is 11.1 Å². The molecule has 1 aromatic heterocycles. The van der Waals surface area contributed by atoms with E-state index in [1.54, 1.807) is 24.3 Å². The summed E-state index contributed by atoms with van der Waals surface area (Å²) in [5.74, 6) is -1.30. The second-order valence-electron chi connectivity index (χ2n) is 5.41. The smallest absolute Gasteiger partial charge is 0.321 e. The van der Waals surface area contributed by atoms with E-state index in [2.05, 4.69) is 10.3 Å². The Morgan fingerprint density at radius 1 is 1.08 bits per heavy atom. The van der Waals surface area contributed by atoms with Gasteiger partial charge in [0.05, 0.1) is 5.01 Å². The number of anilines is 1. The third kappa shape index (κ3) is 3.75. The molecule has 8 heteroatoms. The average molecular weight is 380 g/mol. The standard InChI is InChI=1S/C18H12F4N2OS/c1-10-23-16(18(20,21)22)15(26-10)17(25)24-14-5-3-2-4-13(14)11-6-8-12(19)9-7-11/h2-9H,1H3,(H,24,25). The number of nitrogens with one attached hydrogen (secondary N) is 1. The van der Waals surface area contributed by atoms with E-state index in [1.165, 1.54) is 31.2 Å². The number of halogens is 4. The highest BCUT2D eigenvalue weighted by Gasteiger charge is 2.39. The molecule has 3 aromatic rings. The molecule has 2 aromatic carbocycles. The van der Waals surface area contributed by atoms with Crippen LogP contribution in [0.2, 0.25) is 0 Å². The van der Waals surface area contributed by atoms with Crippen LogP contribution >= 0.6 is 11.3 Å². The molecule has 3 rings (SSSR count). The van der Waals surface area contributed by atoms with Crippen molar-refractivity contribution in [2.24, 2.45) is 0 Å². The van der Waals surface area contributed by atoms with E-state index in [4.69, 9.17) is 0 Å². The molecular formula is C18H12F4N2OS. The maximum atomic E-state index is 13.1. The molecule has 0 aliphatic rings. The minimum absolute atomic E-state index is 0.147. The minimum Gasteiger partial charge on any atom is -0.321 e. The van der Waals surface area contributed by atoms with Crippen LogP contribution in [-0.4, -0.2) is 10.9 Å². The SMILES string of the molecule is Cc1nc(C(F)(F)F)c(C(=O)Nc2ccccc2-c2ccc(F)cc2)s1. The van der Waals surface area contributed by atoms with Gasteiger partial charge in [-0.05, 0) is 30.7 Å². The lowest BCUT2D eigenvalue weighted by atomic mass is 10.0. The van der Waals surface area contributed by atoms with Crippen molar-refractivity contribution in [1.29, 1.82) is 0 Å². The zero-order valence-corrected chi connectivity index (χ0v) is 14.2. The van der Waals surface area contributed by atoms with Crippen molar-refractivity contribution in [3.05, 3.63) is 69.9 Å². The van der Waals surface area contributed by atoms with Gasteiger partial charge in [0.1, 0.15) is 10.7 Å². The molecule has 1 N–H and O–H groups in total. The summed E-state index contributed by atoms with van der Waals surface area (Å²) in [5, 5.41) is 2.65. The normalized spacial score (nSPS) is 11.4. The third-order valence-electron chi connectivity index (χ3n) is 3.54. The number of nitrogens with zero attached hydrogens (tertiary/aromatic N) is 1. The van der Waals surface area contributed by atoms with Gasteiger partial charge in [-0.1, -0.05) is 30.3 Å². The molecular weight excluding hydrogens is 368 g/mol. The van der Waals surface area contributed by atoms with Gasteiger partial charge in [-0.15, -0.1) is 11.3 Å². The number of rotatable bonds is 3. The first-order chi connectivity index (χ1) is 12.3. The van der Waals surface area contributed by atoms with Crippen molar-refractivity contribution in [2.75, 3.05) is 5.32 Å². The highest BCUT2D eigenvalue weighted by Crippen LogP contribution is 2.35. The lowest BCUT2D eigenvalue weighted by molar-refractivity contribution is -0.141. The Morgan fingerprint density at radius 3 is 2.38 bits per heavy atom. The first kappa shape index (κ1) is 18.1. The second kappa shape index (κ2) is 6.87. The van der Waals surface area contributed by atoms with Crippen LogP contribution < -0.4 is 5.32 Å². The molecule has 26 heavy (non-hydrogen) atoms. The number of para-hydroxylation sites is 1. The maximum absolute atomic E-state index is 13.1. The molecule has 1 heterocycles. The van der Waals surface area contributed by atoms with Crippen molar-refractivity contribution in [2.45, 2.75) is 13.1 Å². The number of aromatic nitrogens is 1. The van der Waals surface area contributed by atoms with Crippen LogP contribution in [0.25, 0.3) is 11.1 Å². The summed E-state index contributed by atoms with van der Waals surface area (Å²) in [6.45, 7) is 1.41. The summed E-state index contributed by atoms with van der Waals surface area (Å²) in [6, 6.07) is 12.2. The van der Waals surface area contributed by atoms with Gasteiger partial charge in [0.25, 0.3) is 5.91 Å². The van der Waals surface area contributed by atoms with Gasteiger partial charge >= 0.3 is 6.18 Å². The predicted octanol–water partition coefficient (Wildman–Crippen LogP) is 5.53. The Hall–Kier alpha value is -2.74. The van der Waals surface area contributed by atoms with Crippen LogP contribution in [-0.2, 0) is 6.18 Å².